The molecule has 1 N–H and O–H groups in total. The molecule has 0 fully saturated rings. The Bertz CT molecular complexity index is 402. The van der Waals surface area contributed by atoms with Crippen LogP contribution in [0, 0.1) is 5.41 Å². The van der Waals surface area contributed by atoms with Crippen LogP contribution in [0.15, 0.2) is 0 Å². The van der Waals surface area contributed by atoms with Crippen LogP contribution in [0.1, 0.15) is 63.1 Å². The topological polar surface area (TPSA) is 68.0 Å². The first-order valence-electron chi connectivity index (χ1n) is 5.89. The summed E-state index contributed by atoms with van der Waals surface area (Å²) in [6, 6.07) is 0. The Balaban J connectivity index is 2.97. The zero-order valence-corrected chi connectivity index (χ0v) is 11.2. The van der Waals surface area contributed by atoms with E-state index in [2.05, 4.69) is 31.1 Å². The predicted octanol–water partition coefficient (Wildman–Crippen LogP) is 2.54. The van der Waals surface area contributed by atoms with Gasteiger partial charge in [0.15, 0.2) is 5.69 Å². The van der Waals surface area contributed by atoms with Crippen molar-refractivity contribution < 1.29 is 9.90 Å². The average molecular weight is 239 g/mol. The number of hydrogen-bond acceptors (Lipinski definition) is 3. The highest BCUT2D eigenvalue weighted by Crippen LogP contribution is 2.22. The smallest absolute Gasteiger partial charge is 0.358 e. The van der Waals surface area contributed by atoms with Crippen LogP contribution in [-0.2, 0) is 6.54 Å². The maximum Gasteiger partial charge on any atom is 0.358 e. The van der Waals surface area contributed by atoms with E-state index in [4.69, 9.17) is 5.11 Å². The molecule has 5 heteroatoms. The number of aromatic carboxylic acids is 1. The molecular weight excluding hydrogens is 218 g/mol. The molecule has 0 aliphatic heterocycles. The molecule has 0 amide bonds. The third-order valence-corrected chi connectivity index (χ3v) is 2.60. The van der Waals surface area contributed by atoms with E-state index >= 15 is 0 Å². The maximum absolute atomic E-state index is 11.0. The van der Waals surface area contributed by atoms with Gasteiger partial charge in [0.1, 0.15) is 0 Å². The number of aryl methyl sites for hydroxylation is 1. The van der Waals surface area contributed by atoms with E-state index in [1.54, 1.807) is 4.68 Å². The molecule has 1 aromatic rings. The van der Waals surface area contributed by atoms with Crippen LogP contribution in [0.2, 0.25) is 0 Å². The molecule has 0 bridgehead atoms. The van der Waals surface area contributed by atoms with E-state index in [1.165, 1.54) is 0 Å². The highest BCUT2D eigenvalue weighted by molar-refractivity contribution is 5.86. The van der Waals surface area contributed by atoms with Gasteiger partial charge in [-0.15, -0.1) is 5.10 Å². The largest absolute Gasteiger partial charge is 0.476 e. The highest BCUT2D eigenvalue weighted by Gasteiger charge is 2.22. The lowest BCUT2D eigenvalue weighted by molar-refractivity contribution is 0.0688. The van der Waals surface area contributed by atoms with Crippen molar-refractivity contribution in [3.63, 3.8) is 0 Å². The molecule has 0 saturated heterocycles. The Morgan fingerprint density at radius 3 is 2.41 bits per heavy atom. The molecule has 1 rings (SSSR count). The van der Waals surface area contributed by atoms with Gasteiger partial charge in [-0.05, 0) is 17.8 Å². The third-order valence-electron chi connectivity index (χ3n) is 2.60. The zero-order valence-electron chi connectivity index (χ0n) is 11.2. The molecule has 0 spiro atoms. The first kappa shape index (κ1) is 13.7. The minimum atomic E-state index is -1.00. The number of carboxylic acids is 1. The van der Waals surface area contributed by atoms with Gasteiger partial charge in [0, 0.05) is 6.54 Å². The van der Waals surface area contributed by atoms with E-state index in [9.17, 15) is 4.79 Å². The second-order valence-electron chi connectivity index (χ2n) is 5.82. The Hall–Kier alpha value is -1.39. The first-order chi connectivity index (χ1) is 7.72. The lowest BCUT2D eigenvalue weighted by Crippen LogP contribution is -2.15. The van der Waals surface area contributed by atoms with Gasteiger partial charge >= 0.3 is 5.97 Å². The fourth-order valence-electron chi connectivity index (χ4n) is 1.65. The Morgan fingerprint density at radius 2 is 2.00 bits per heavy atom. The summed E-state index contributed by atoms with van der Waals surface area (Å²) in [5, 5.41) is 16.7. The molecule has 0 radical (unpaired) electrons. The number of nitrogens with zero attached hydrogens (tertiary/aromatic N) is 3. The molecule has 17 heavy (non-hydrogen) atoms. The van der Waals surface area contributed by atoms with Gasteiger partial charge in [0.05, 0.1) is 5.69 Å². The Labute approximate surface area is 102 Å². The SMILES string of the molecule is CC(C)c1c(C(=O)O)nnn1CCC(C)(C)C. The Kier molecular flexibility index (Phi) is 3.91. The summed E-state index contributed by atoms with van der Waals surface area (Å²) in [6.45, 7) is 11.1. The summed E-state index contributed by atoms with van der Waals surface area (Å²) in [4.78, 5) is 11.0. The van der Waals surface area contributed by atoms with E-state index in [0.29, 0.717) is 12.2 Å². The molecule has 96 valence electrons. The van der Waals surface area contributed by atoms with Crippen molar-refractivity contribution in [2.45, 2.75) is 53.5 Å². The quantitative estimate of drug-likeness (QED) is 0.876. The molecule has 0 atom stereocenters. The third kappa shape index (κ3) is 3.54. The van der Waals surface area contributed by atoms with Crippen LogP contribution in [0.25, 0.3) is 0 Å². The summed E-state index contributed by atoms with van der Waals surface area (Å²) in [5.74, 6) is -0.897. The number of hydrogen-bond donors (Lipinski definition) is 1. The van der Waals surface area contributed by atoms with E-state index < -0.39 is 5.97 Å². The van der Waals surface area contributed by atoms with Gasteiger partial charge < -0.3 is 5.11 Å². The van der Waals surface area contributed by atoms with Crippen molar-refractivity contribution >= 4 is 5.97 Å². The zero-order chi connectivity index (χ0) is 13.2. The molecule has 0 aliphatic rings. The molecule has 1 aromatic heterocycles. The summed E-state index contributed by atoms with van der Waals surface area (Å²) in [7, 11) is 0. The maximum atomic E-state index is 11.0. The summed E-state index contributed by atoms with van der Waals surface area (Å²) >= 11 is 0. The predicted molar refractivity (Wildman–Crippen MR) is 65.1 cm³/mol. The van der Waals surface area contributed by atoms with Crippen LogP contribution in [0.3, 0.4) is 0 Å². The minimum absolute atomic E-state index is 0.0777. The van der Waals surface area contributed by atoms with Crippen LogP contribution >= 0.6 is 0 Å². The highest BCUT2D eigenvalue weighted by atomic mass is 16.4. The van der Waals surface area contributed by atoms with Crippen molar-refractivity contribution in [3.05, 3.63) is 11.4 Å². The summed E-state index contributed by atoms with van der Waals surface area (Å²) < 4.78 is 1.72. The van der Waals surface area contributed by atoms with E-state index in [1.807, 2.05) is 13.8 Å². The summed E-state index contributed by atoms with van der Waals surface area (Å²) in [6.07, 6.45) is 0.940. The molecule has 0 aliphatic carbocycles. The lowest BCUT2D eigenvalue weighted by Gasteiger charge is -2.19. The fraction of sp³-hybridized carbons (Fsp3) is 0.750. The summed E-state index contributed by atoms with van der Waals surface area (Å²) in [5.41, 5.74) is 0.986. The normalized spacial score (nSPS) is 12.1. The van der Waals surface area contributed by atoms with E-state index in [0.717, 1.165) is 6.42 Å². The number of rotatable bonds is 4. The minimum Gasteiger partial charge on any atom is -0.476 e. The second-order valence-corrected chi connectivity index (χ2v) is 5.82. The average Bonchev–Trinajstić information content (AvgIpc) is 2.56. The van der Waals surface area contributed by atoms with Crippen LogP contribution in [0.5, 0.6) is 0 Å². The van der Waals surface area contributed by atoms with Crippen molar-refractivity contribution in [1.82, 2.24) is 15.0 Å². The first-order valence-corrected chi connectivity index (χ1v) is 5.89. The van der Waals surface area contributed by atoms with Gasteiger partial charge in [0.25, 0.3) is 0 Å². The van der Waals surface area contributed by atoms with E-state index in [-0.39, 0.29) is 17.0 Å². The molecule has 0 saturated carbocycles. The number of carboxylic acid groups (broad SMARTS) is 1. The van der Waals surface area contributed by atoms with Crippen LogP contribution < -0.4 is 0 Å². The van der Waals surface area contributed by atoms with Gasteiger partial charge in [0.2, 0.25) is 0 Å². The van der Waals surface area contributed by atoms with Crippen LogP contribution in [0.4, 0.5) is 0 Å². The fourth-order valence-corrected chi connectivity index (χ4v) is 1.65. The number of aromatic nitrogens is 3. The number of carbonyl (C=O) groups is 1. The van der Waals surface area contributed by atoms with Crippen molar-refractivity contribution in [1.29, 1.82) is 0 Å². The molecule has 0 unspecified atom stereocenters. The molecule has 1 heterocycles. The lowest BCUT2D eigenvalue weighted by atomic mass is 9.92. The molecule has 0 aromatic carbocycles. The van der Waals surface area contributed by atoms with Crippen molar-refractivity contribution in [3.8, 4) is 0 Å². The second kappa shape index (κ2) is 4.85. The monoisotopic (exact) mass is 239 g/mol. The van der Waals surface area contributed by atoms with Crippen molar-refractivity contribution in [2.75, 3.05) is 0 Å². The van der Waals surface area contributed by atoms with Gasteiger partial charge in [-0.25, -0.2) is 9.48 Å². The standard InChI is InChI=1S/C12H21N3O2/c1-8(2)10-9(11(16)17)13-14-15(10)7-6-12(3,4)5/h8H,6-7H2,1-5H3,(H,16,17). The van der Waals surface area contributed by atoms with Crippen molar-refractivity contribution in [2.24, 2.45) is 5.41 Å². The Morgan fingerprint density at radius 1 is 1.41 bits per heavy atom. The van der Waals surface area contributed by atoms with Gasteiger partial charge in [-0.3, -0.25) is 0 Å². The molecular formula is C12H21N3O2. The van der Waals surface area contributed by atoms with Gasteiger partial charge in [-0.2, -0.15) is 0 Å². The van der Waals surface area contributed by atoms with Gasteiger partial charge in [-0.1, -0.05) is 39.8 Å². The van der Waals surface area contributed by atoms with Crippen LogP contribution in [-0.4, -0.2) is 26.1 Å². The molecule has 5 nitrogen and oxygen atoms in total.